The number of nitrogens with zero attached hydrogens (tertiary/aromatic N) is 2. The Labute approximate surface area is 178 Å². The SMILES string of the molecule is Cc1cccc(C)c1Cn1c(-c2ccccc2OCC(N)=O)nc2cc(F)c(F)cc21. The minimum absolute atomic E-state index is 0.294. The van der Waals surface area contributed by atoms with Crippen molar-refractivity contribution in [1.29, 1.82) is 0 Å². The first kappa shape index (κ1) is 20.5. The van der Waals surface area contributed by atoms with Crippen LogP contribution in [0.5, 0.6) is 5.75 Å². The first-order chi connectivity index (χ1) is 14.8. The number of ether oxygens (including phenoxy) is 1. The summed E-state index contributed by atoms with van der Waals surface area (Å²) in [5, 5.41) is 0. The Morgan fingerprint density at radius 3 is 2.42 bits per heavy atom. The Morgan fingerprint density at radius 1 is 1.03 bits per heavy atom. The number of carbonyl (C=O) groups excluding carboxylic acids is 1. The monoisotopic (exact) mass is 421 g/mol. The molecule has 158 valence electrons. The van der Waals surface area contributed by atoms with E-state index < -0.39 is 17.5 Å². The van der Waals surface area contributed by atoms with E-state index >= 15 is 0 Å². The van der Waals surface area contributed by atoms with Gasteiger partial charge in [0.1, 0.15) is 11.6 Å². The summed E-state index contributed by atoms with van der Waals surface area (Å²) in [5.41, 5.74) is 9.81. The summed E-state index contributed by atoms with van der Waals surface area (Å²) in [5.74, 6) is -1.64. The topological polar surface area (TPSA) is 70.1 Å². The molecule has 7 heteroatoms. The van der Waals surface area contributed by atoms with Crippen molar-refractivity contribution in [3.63, 3.8) is 0 Å². The summed E-state index contributed by atoms with van der Waals surface area (Å²) in [6, 6.07) is 15.3. The van der Waals surface area contributed by atoms with Crippen LogP contribution in [0.3, 0.4) is 0 Å². The van der Waals surface area contributed by atoms with Gasteiger partial charge < -0.3 is 15.0 Å². The molecule has 0 saturated carbocycles. The van der Waals surface area contributed by atoms with Crippen molar-refractivity contribution in [3.05, 3.63) is 82.9 Å². The molecular weight excluding hydrogens is 400 g/mol. The van der Waals surface area contributed by atoms with Crippen molar-refractivity contribution in [3.8, 4) is 17.1 Å². The largest absolute Gasteiger partial charge is 0.483 e. The third-order valence-corrected chi connectivity index (χ3v) is 5.25. The highest BCUT2D eigenvalue weighted by atomic mass is 19.2. The molecule has 4 rings (SSSR count). The highest BCUT2D eigenvalue weighted by Gasteiger charge is 2.20. The molecule has 1 heterocycles. The van der Waals surface area contributed by atoms with Crippen LogP contribution in [0.15, 0.2) is 54.6 Å². The maximum absolute atomic E-state index is 14.1. The fourth-order valence-electron chi connectivity index (χ4n) is 3.67. The van der Waals surface area contributed by atoms with Gasteiger partial charge in [0.25, 0.3) is 5.91 Å². The number of amides is 1. The van der Waals surface area contributed by atoms with Crippen LogP contribution in [-0.4, -0.2) is 22.1 Å². The minimum atomic E-state index is -0.964. The molecule has 0 aliphatic heterocycles. The number of aryl methyl sites for hydroxylation is 2. The van der Waals surface area contributed by atoms with E-state index in [4.69, 9.17) is 10.5 Å². The predicted molar refractivity (Wildman–Crippen MR) is 115 cm³/mol. The molecule has 0 saturated heterocycles. The Kier molecular flexibility index (Phi) is 5.42. The first-order valence-electron chi connectivity index (χ1n) is 9.76. The van der Waals surface area contributed by atoms with Crippen LogP contribution in [0.4, 0.5) is 8.78 Å². The third kappa shape index (κ3) is 3.99. The van der Waals surface area contributed by atoms with Crippen molar-refractivity contribution in [1.82, 2.24) is 9.55 Å². The Bertz CT molecular complexity index is 1280. The molecule has 0 spiro atoms. The van der Waals surface area contributed by atoms with Gasteiger partial charge in [-0.15, -0.1) is 0 Å². The van der Waals surface area contributed by atoms with Gasteiger partial charge in [0.05, 0.1) is 23.1 Å². The van der Waals surface area contributed by atoms with E-state index in [-0.39, 0.29) is 6.61 Å². The Hall–Kier alpha value is -3.74. The fraction of sp³-hybridized carbons (Fsp3) is 0.167. The van der Waals surface area contributed by atoms with Crippen molar-refractivity contribution >= 4 is 16.9 Å². The van der Waals surface area contributed by atoms with Crippen LogP contribution in [0.1, 0.15) is 16.7 Å². The molecule has 0 fully saturated rings. The third-order valence-electron chi connectivity index (χ3n) is 5.25. The number of halogens is 2. The molecule has 0 atom stereocenters. The molecule has 5 nitrogen and oxygen atoms in total. The van der Waals surface area contributed by atoms with Crippen LogP contribution in [0, 0.1) is 25.5 Å². The zero-order valence-corrected chi connectivity index (χ0v) is 17.2. The van der Waals surface area contributed by atoms with Crippen LogP contribution in [0.2, 0.25) is 0 Å². The Morgan fingerprint density at radius 2 is 1.71 bits per heavy atom. The number of hydrogen-bond acceptors (Lipinski definition) is 3. The lowest BCUT2D eigenvalue weighted by Gasteiger charge is -2.16. The van der Waals surface area contributed by atoms with E-state index in [1.807, 2.05) is 36.6 Å². The second-order valence-corrected chi connectivity index (χ2v) is 7.40. The molecule has 0 unspecified atom stereocenters. The smallest absolute Gasteiger partial charge is 0.255 e. The van der Waals surface area contributed by atoms with Gasteiger partial charge in [-0.2, -0.15) is 0 Å². The highest BCUT2D eigenvalue weighted by Crippen LogP contribution is 2.34. The van der Waals surface area contributed by atoms with Crippen LogP contribution in [-0.2, 0) is 11.3 Å². The number of imidazole rings is 1. The number of aromatic nitrogens is 2. The average molecular weight is 421 g/mol. The molecular formula is C24H21F2N3O2. The van der Waals surface area contributed by atoms with Gasteiger partial charge in [0.15, 0.2) is 18.2 Å². The van der Waals surface area contributed by atoms with E-state index in [0.717, 1.165) is 28.8 Å². The summed E-state index contributed by atoms with van der Waals surface area (Å²) in [4.78, 5) is 15.8. The van der Waals surface area contributed by atoms with E-state index in [0.29, 0.717) is 34.7 Å². The molecule has 0 radical (unpaired) electrons. The van der Waals surface area contributed by atoms with Gasteiger partial charge in [0, 0.05) is 12.1 Å². The number of rotatable bonds is 6. The van der Waals surface area contributed by atoms with Gasteiger partial charge in [0.2, 0.25) is 0 Å². The number of hydrogen-bond donors (Lipinski definition) is 1. The van der Waals surface area contributed by atoms with E-state index in [1.165, 1.54) is 0 Å². The second kappa shape index (κ2) is 8.18. The summed E-state index contributed by atoms with van der Waals surface area (Å²) >= 11 is 0. The average Bonchev–Trinajstić information content (AvgIpc) is 3.06. The zero-order chi connectivity index (χ0) is 22.1. The van der Waals surface area contributed by atoms with E-state index in [1.54, 1.807) is 24.3 Å². The van der Waals surface area contributed by atoms with Crippen molar-refractivity contribution in [2.24, 2.45) is 5.73 Å². The summed E-state index contributed by atoms with van der Waals surface area (Å²) in [6.45, 7) is 4.12. The lowest BCUT2D eigenvalue weighted by Crippen LogP contribution is -2.20. The summed E-state index contributed by atoms with van der Waals surface area (Å²) < 4.78 is 35.5. The number of fused-ring (bicyclic) bond motifs is 1. The quantitative estimate of drug-likeness (QED) is 0.498. The molecule has 1 amide bonds. The van der Waals surface area contributed by atoms with Crippen molar-refractivity contribution < 1.29 is 18.3 Å². The van der Waals surface area contributed by atoms with Gasteiger partial charge in [-0.3, -0.25) is 4.79 Å². The molecule has 31 heavy (non-hydrogen) atoms. The number of nitrogens with two attached hydrogens (primary N) is 1. The fourth-order valence-corrected chi connectivity index (χ4v) is 3.67. The highest BCUT2D eigenvalue weighted by molar-refractivity contribution is 5.83. The predicted octanol–water partition coefficient (Wildman–Crippen LogP) is 4.51. The zero-order valence-electron chi connectivity index (χ0n) is 17.2. The van der Waals surface area contributed by atoms with E-state index in [9.17, 15) is 13.6 Å². The van der Waals surface area contributed by atoms with Crippen LogP contribution in [0.25, 0.3) is 22.4 Å². The lowest BCUT2D eigenvalue weighted by molar-refractivity contribution is -0.119. The van der Waals surface area contributed by atoms with Crippen LogP contribution < -0.4 is 10.5 Å². The van der Waals surface area contributed by atoms with Crippen molar-refractivity contribution in [2.75, 3.05) is 6.61 Å². The molecule has 3 aromatic carbocycles. The summed E-state index contributed by atoms with van der Waals surface area (Å²) in [7, 11) is 0. The van der Waals surface area contributed by atoms with Gasteiger partial charge in [-0.1, -0.05) is 30.3 Å². The molecule has 1 aromatic heterocycles. The van der Waals surface area contributed by atoms with Crippen molar-refractivity contribution in [2.45, 2.75) is 20.4 Å². The molecule has 0 aliphatic carbocycles. The minimum Gasteiger partial charge on any atom is -0.483 e. The second-order valence-electron chi connectivity index (χ2n) is 7.40. The van der Waals surface area contributed by atoms with E-state index in [2.05, 4.69) is 4.98 Å². The molecule has 2 N–H and O–H groups in total. The number of benzene rings is 3. The Balaban J connectivity index is 1.94. The molecule has 0 aliphatic rings. The number of para-hydroxylation sites is 1. The molecule has 0 bridgehead atoms. The first-order valence-corrected chi connectivity index (χ1v) is 9.76. The summed E-state index contributed by atoms with van der Waals surface area (Å²) in [6.07, 6.45) is 0. The number of primary amides is 1. The van der Waals surface area contributed by atoms with Crippen LogP contribution >= 0.6 is 0 Å². The lowest BCUT2D eigenvalue weighted by atomic mass is 10.0. The molecule has 4 aromatic rings. The maximum Gasteiger partial charge on any atom is 0.255 e. The van der Waals surface area contributed by atoms with Gasteiger partial charge in [-0.05, 0) is 42.7 Å². The normalized spacial score (nSPS) is 11.1. The van der Waals surface area contributed by atoms with Gasteiger partial charge in [-0.25, -0.2) is 13.8 Å². The standard InChI is InChI=1S/C24H21F2N3O2/c1-14-6-5-7-15(2)17(14)12-29-21-11-19(26)18(25)10-20(21)28-24(29)16-8-3-4-9-22(16)31-13-23(27)30/h3-11H,12-13H2,1-2H3,(H2,27,30). The van der Waals surface area contributed by atoms with Gasteiger partial charge >= 0.3 is 0 Å². The maximum atomic E-state index is 14.1. The number of carbonyl (C=O) groups is 1.